The van der Waals surface area contributed by atoms with Gasteiger partial charge < -0.3 is 19.0 Å². The third kappa shape index (κ3) is 3.44. The van der Waals surface area contributed by atoms with Crippen molar-refractivity contribution < 1.29 is 28.6 Å². The van der Waals surface area contributed by atoms with Crippen LogP contribution in [0.5, 0.6) is 11.5 Å². The summed E-state index contributed by atoms with van der Waals surface area (Å²) in [6.07, 6.45) is 0. The summed E-state index contributed by atoms with van der Waals surface area (Å²) in [5.74, 6) is -0.00201. The summed E-state index contributed by atoms with van der Waals surface area (Å²) < 4.78 is 16.3. The number of hydrogen-bond donors (Lipinski definition) is 1. The van der Waals surface area contributed by atoms with Gasteiger partial charge in [0.1, 0.15) is 23.3 Å². The van der Waals surface area contributed by atoms with E-state index in [-0.39, 0.29) is 11.3 Å². The number of amides is 1. The molecule has 1 unspecified atom stereocenters. The smallest absolute Gasteiger partial charge is 0.300 e. The second-order valence-corrected chi connectivity index (χ2v) is 7.02. The van der Waals surface area contributed by atoms with E-state index in [4.69, 9.17) is 13.9 Å². The van der Waals surface area contributed by atoms with Gasteiger partial charge in [-0.2, -0.15) is 0 Å². The number of aliphatic hydroxyl groups is 1. The first-order valence-corrected chi connectivity index (χ1v) is 9.61. The van der Waals surface area contributed by atoms with Crippen molar-refractivity contribution in [3.05, 3.63) is 83.3 Å². The van der Waals surface area contributed by atoms with Crippen LogP contribution in [0.2, 0.25) is 0 Å². The van der Waals surface area contributed by atoms with Gasteiger partial charge in [0.15, 0.2) is 11.5 Å². The van der Waals surface area contributed by atoms with Crippen LogP contribution in [0.15, 0.2) is 70.7 Å². The molecule has 2 aromatic carbocycles. The lowest BCUT2D eigenvalue weighted by atomic mass is 9.99. The third-order valence-corrected chi connectivity index (χ3v) is 5.17. The number of rotatable bonds is 5. The van der Waals surface area contributed by atoms with Crippen molar-refractivity contribution in [2.45, 2.75) is 13.0 Å². The van der Waals surface area contributed by atoms with Crippen LogP contribution in [0.25, 0.3) is 5.76 Å². The van der Waals surface area contributed by atoms with Gasteiger partial charge in [0, 0.05) is 11.3 Å². The standard InChI is InChI=1S/C24H21NO6/c1-14-9-11-18(31-14)21-20(22(26)15-10-12-17(29-2)19(13-15)30-3)23(27)24(28)25(21)16-7-5-4-6-8-16/h4-13,21,26H,1-3H3/b22-20-. The maximum absolute atomic E-state index is 13.1. The predicted octanol–water partition coefficient (Wildman–Crippen LogP) is 4.23. The molecule has 3 aromatic rings. The van der Waals surface area contributed by atoms with E-state index in [2.05, 4.69) is 0 Å². The largest absolute Gasteiger partial charge is 0.507 e. The highest BCUT2D eigenvalue weighted by Crippen LogP contribution is 2.43. The van der Waals surface area contributed by atoms with E-state index in [0.717, 1.165) is 0 Å². The monoisotopic (exact) mass is 419 g/mol. The highest BCUT2D eigenvalue weighted by Gasteiger charge is 2.48. The molecule has 2 heterocycles. The van der Waals surface area contributed by atoms with Crippen LogP contribution in [-0.2, 0) is 9.59 Å². The molecule has 1 amide bonds. The van der Waals surface area contributed by atoms with Gasteiger partial charge in [-0.25, -0.2) is 0 Å². The number of furan rings is 1. The molecule has 4 rings (SSSR count). The molecule has 0 radical (unpaired) electrons. The van der Waals surface area contributed by atoms with Gasteiger partial charge in [-0.1, -0.05) is 18.2 Å². The van der Waals surface area contributed by atoms with Crippen LogP contribution in [0.1, 0.15) is 23.1 Å². The molecule has 1 aliphatic rings. The normalized spacial score (nSPS) is 17.8. The second-order valence-electron chi connectivity index (χ2n) is 7.02. The molecule has 0 saturated carbocycles. The summed E-state index contributed by atoms with van der Waals surface area (Å²) in [7, 11) is 2.98. The van der Waals surface area contributed by atoms with Gasteiger partial charge in [0.2, 0.25) is 0 Å². The molecule has 31 heavy (non-hydrogen) atoms. The Balaban J connectivity index is 1.92. The van der Waals surface area contributed by atoms with Crippen molar-refractivity contribution in [3.8, 4) is 11.5 Å². The first kappa shape index (κ1) is 20.3. The van der Waals surface area contributed by atoms with E-state index in [1.807, 2.05) is 6.07 Å². The molecule has 1 aliphatic heterocycles. The SMILES string of the molecule is COc1ccc(/C(O)=C2/C(=O)C(=O)N(c3ccccc3)C2c2ccc(C)o2)cc1OC. The summed E-state index contributed by atoms with van der Waals surface area (Å²) in [6, 6.07) is 16.1. The van der Waals surface area contributed by atoms with Crippen LogP contribution in [0.4, 0.5) is 5.69 Å². The summed E-state index contributed by atoms with van der Waals surface area (Å²) >= 11 is 0. The van der Waals surface area contributed by atoms with Crippen molar-refractivity contribution in [1.29, 1.82) is 0 Å². The van der Waals surface area contributed by atoms with Crippen LogP contribution < -0.4 is 14.4 Å². The Hall–Kier alpha value is -4.00. The number of anilines is 1. The van der Waals surface area contributed by atoms with Crippen molar-refractivity contribution in [2.75, 3.05) is 19.1 Å². The third-order valence-electron chi connectivity index (χ3n) is 5.17. The van der Waals surface area contributed by atoms with Crippen LogP contribution in [0.3, 0.4) is 0 Å². The number of hydrogen-bond acceptors (Lipinski definition) is 6. The molecule has 0 aliphatic carbocycles. The van der Waals surface area contributed by atoms with E-state index < -0.39 is 17.7 Å². The zero-order valence-corrected chi connectivity index (χ0v) is 17.3. The molecule has 1 fully saturated rings. The Morgan fingerprint density at radius 1 is 0.968 bits per heavy atom. The van der Waals surface area contributed by atoms with E-state index in [1.165, 1.54) is 19.1 Å². The first-order valence-electron chi connectivity index (χ1n) is 9.61. The zero-order chi connectivity index (χ0) is 22.1. The van der Waals surface area contributed by atoms with Gasteiger partial charge in [-0.3, -0.25) is 14.5 Å². The summed E-state index contributed by atoms with van der Waals surface area (Å²) in [6.45, 7) is 1.77. The highest BCUT2D eigenvalue weighted by molar-refractivity contribution is 6.51. The Bertz CT molecular complexity index is 1180. The molecular weight excluding hydrogens is 398 g/mol. The first-order chi connectivity index (χ1) is 15.0. The van der Waals surface area contributed by atoms with Crippen molar-refractivity contribution in [2.24, 2.45) is 0 Å². The molecule has 1 saturated heterocycles. The fraction of sp³-hybridized carbons (Fsp3) is 0.167. The number of ketones is 1. The maximum Gasteiger partial charge on any atom is 0.300 e. The molecule has 1 atom stereocenters. The number of aryl methyl sites for hydroxylation is 1. The highest BCUT2D eigenvalue weighted by atomic mass is 16.5. The molecule has 0 bridgehead atoms. The van der Waals surface area contributed by atoms with Gasteiger partial charge >= 0.3 is 0 Å². The number of carbonyl (C=O) groups is 2. The fourth-order valence-electron chi connectivity index (χ4n) is 3.70. The topological polar surface area (TPSA) is 89.2 Å². The van der Waals surface area contributed by atoms with Crippen molar-refractivity contribution in [3.63, 3.8) is 0 Å². The number of aliphatic hydroxyl groups excluding tert-OH is 1. The molecule has 7 nitrogen and oxygen atoms in total. The number of para-hydroxylation sites is 1. The molecule has 7 heteroatoms. The van der Waals surface area contributed by atoms with Gasteiger partial charge in [0.05, 0.1) is 19.8 Å². The van der Waals surface area contributed by atoms with Gasteiger partial charge in [0.25, 0.3) is 11.7 Å². The second kappa shape index (κ2) is 8.02. The lowest BCUT2D eigenvalue weighted by Gasteiger charge is -2.23. The quantitative estimate of drug-likeness (QED) is 0.378. The van der Waals surface area contributed by atoms with Gasteiger partial charge in [-0.15, -0.1) is 0 Å². The molecule has 1 aromatic heterocycles. The van der Waals surface area contributed by atoms with Crippen LogP contribution in [0, 0.1) is 6.92 Å². The Morgan fingerprint density at radius 3 is 2.29 bits per heavy atom. The number of ether oxygens (including phenoxy) is 2. The minimum atomic E-state index is -0.913. The number of benzene rings is 2. The summed E-state index contributed by atoms with van der Waals surface area (Å²) in [5, 5.41) is 11.1. The lowest BCUT2D eigenvalue weighted by Crippen LogP contribution is -2.29. The van der Waals surface area contributed by atoms with Gasteiger partial charge in [-0.05, 0) is 49.4 Å². The number of nitrogens with zero attached hydrogens (tertiary/aromatic N) is 1. The minimum Gasteiger partial charge on any atom is -0.507 e. The maximum atomic E-state index is 13.1. The van der Waals surface area contributed by atoms with E-state index in [9.17, 15) is 14.7 Å². The minimum absolute atomic E-state index is 0.0598. The average Bonchev–Trinajstić information content (AvgIpc) is 3.34. The van der Waals surface area contributed by atoms with Crippen molar-refractivity contribution >= 4 is 23.1 Å². The fourth-order valence-corrected chi connectivity index (χ4v) is 3.70. The molecular formula is C24H21NO6. The Morgan fingerprint density at radius 2 is 1.68 bits per heavy atom. The molecule has 1 N–H and O–H groups in total. The zero-order valence-electron chi connectivity index (χ0n) is 17.3. The number of Topliss-reactive ketones (excluding diaryl/α,β-unsaturated/α-hetero) is 1. The van der Waals surface area contributed by atoms with Crippen molar-refractivity contribution in [1.82, 2.24) is 0 Å². The number of methoxy groups -OCH3 is 2. The Kier molecular flexibility index (Phi) is 5.25. The Labute approximate surface area is 179 Å². The molecule has 158 valence electrons. The number of carbonyl (C=O) groups excluding carboxylic acids is 2. The van der Waals surface area contributed by atoms with E-state index in [1.54, 1.807) is 61.5 Å². The average molecular weight is 419 g/mol. The lowest BCUT2D eigenvalue weighted by molar-refractivity contribution is -0.132. The summed E-state index contributed by atoms with van der Waals surface area (Å²) in [5.41, 5.74) is 0.780. The van der Waals surface area contributed by atoms with E-state index >= 15 is 0 Å². The van der Waals surface area contributed by atoms with Crippen LogP contribution >= 0.6 is 0 Å². The predicted molar refractivity (Wildman–Crippen MR) is 114 cm³/mol. The van der Waals surface area contributed by atoms with E-state index in [0.29, 0.717) is 34.3 Å². The molecule has 0 spiro atoms. The summed E-state index contributed by atoms with van der Waals surface area (Å²) in [4.78, 5) is 27.4. The van der Waals surface area contributed by atoms with Crippen LogP contribution in [-0.4, -0.2) is 31.0 Å².